The van der Waals surface area contributed by atoms with Crippen LogP contribution in [0.2, 0.25) is 0 Å². The number of nitro groups is 1. The zero-order valence-electron chi connectivity index (χ0n) is 10.5. The Hall–Kier alpha value is -3.22. The third kappa shape index (κ3) is 2.32. The SMILES string of the molecule is O=C(O)c1ccc2oc(-c3cccc([N+](=O)[O-])c3)nc2c1. The fourth-order valence-electron chi connectivity index (χ4n) is 1.94. The Morgan fingerprint density at radius 1 is 1.24 bits per heavy atom. The number of aromatic carboxylic acids is 1. The molecule has 0 aliphatic rings. The predicted molar refractivity (Wildman–Crippen MR) is 73.1 cm³/mol. The molecule has 3 aromatic rings. The summed E-state index contributed by atoms with van der Waals surface area (Å²) in [6.45, 7) is 0. The first-order valence-corrected chi connectivity index (χ1v) is 5.93. The summed E-state index contributed by atoms with van der Waals surface area (Å²) in [5.74, 6) is -0.854. The average molecular weight is 284 g/mol. The second-order valence-electron chi connectivity index (χ2n) is 4.31. The molecule has 0 aliphatic carbocycles. The van der Waals surface area contributed by atoms with E-state index in [2.05, 4.69) is 4.98 Å². The Morgan fingerprint density at radius 2 is 2.05 bits per heavy atom. The van der Waals surface area contributed by atoms with Gasteiger partial charge in [-0.3, -0.25) is 10.1 Å². The summed E-state index contributed by atoms with van der Waals surface area (Å²) in [6.07, 6.45) is 0. The zero-order valence-corrected chi connectivity index (χ0v) is 10.5. The van der Waals surface area contributed by atoms with E-state index in [0.29, 0.717) is 16.7 Å². The number of carboxylic acid groups (broad SMARTS) is 1. The number of nitro benzene ring substituents is 1. The first-order chi connectivity index (χ1) is 10.0. The van der Waals surface area contributed by atoms with Crippen LogP contribution in [0.5, 0.6) is 0 Å². The molecule has 0 amide bonds. The Bertz CT molecular complexity index is 869. The Labute approximate surface area is 117 Å². The highest BCUT2D eigenvalue weighted by atomic mass is 16.6. The number of benzene rings is 2. The molecular formula is C14H8N2O5. The monoisotopic (exact) mass is 284 g/mol. The van der Waals surface area contributed by atoms with E-state index in [9.17, 15) is 14.9 Å². The number of carbonyl (C=O) groups is 1. The Kier molecular flexibility index (Phi) is 2.87. The van der Waals surface area contributed by atoms with Crippen molar-refractivity contribution in [2.45, 2.75) is 0 Å². The molecule has 0 radical (unpaired) electrons. The molecule has 21 heavy (non-hydrogen) atoms. The first kappa shape index (κ1) is 12.8. The van der Waals surface area contributed by atoms with Crippen molar-refractivity contribution in [3.63, 3.8) is 0 Å². The van der Waals surface area contributed by atoms with Crippen LogP contribution in [0.1, 0.15) is 10.4 Å². The fraction of sp³-hybridized carbons (Fsp3) is 0. The van der Waals surface area contributed by atoms with Gasteiger partial charge in [-0.1, -0.05) is 6.07 Å². The molecule has 0 fully saturated rings. The van der Waals surface area contributed by atoms with Crippen molar-refractivity contribution in [3.8, 4) is 11.5 Å². The second kappa shape index (κ2) is 4.71. The van der Waals surface area contributed by atoms with E-state index in [1.165, 1.54) is 36.4 Å². The molecule has 1 N–H and O–H groups in total. The maximum atomic E-state index is 10.9. The largest absolute Gasteiger partial charge is 0.478 e. The normalized spacial score (nSPS) is 10.7. The van der Waals surface area contributed by atoms with Crippen molar-refractivity contribution in [1.29, 1.82) is 0 Å². The summed E-state index contributed by atoms with van der Waals surface area (Å²) in [5, 5.41) is 19.7. The molecule has 0 spiro atoms. The lowest BCUT2D eigenvalue weighted by molar-refractivity contribution is -0.384. The molecule has 104 valence electrons. The molecule has 1 heterocycles. The third-order valence-corrected chi connectivity index (χ3v) is 2.94. The van der Waals surface area contributed by atoms with Gasteiger partial charge in [0.15, 0.2) is 5.58 Å². The number of oxazole rings is 1. The van der Waals surface area contributed by atoms with Gasteiger partial charge in [-0.25, -0.2) is 9.78 Å². The standard InChI is InChI=1S/C14H8N2O5/c17-14(18)9-4-5-12-11(7-9)15-13(21-12)8-2-1-3-10(6-8)16(19)20/h1-7H,(H,17,18). The van der Waals surface area contributed by atoms with E-state index in [4.69, 9.17) is 9.52 Å². The fourth-order valence-corrected chi connectivity index (χ4v) is 1.94. The highest BCUT2D eigenvalue weighted by Gasteiger charge is 2.13. The summed E-state index contributed by atoms with van der Waals surface area (Å²) in [7, 11) is 0. The van der Waals surface area contributed by atoms with Crippen molar-refractivity contribution in [2.24, 2.45) is 0 Å². The highest BCUT2D eigenvalue weighted by Crippen LogP contribution is 2.27. The number of fused-ring (bicyclic) bond motifs is 1. The van der Waals surface area contributed by atoms with Crippen molar-refractivity contribution >= 4 is 22.8 Å². The number of carboxylic acids is 1. The van der Waals surface area contributed by atoms with Gasteiger partial charge in [-0.15, -0.1) is 0 Å². The number of rotatable bonds is 3. The van der Waals surface area contributed by atoms with Crippen molar-refractivity contribution in [3.05, 3.63) is 58.1 Å². The molecule has 0 aliphatic heterocycles. The molecule has 2 aromatic carbocycles. The van der Waals surface area contributed by atoms with Gasteiger partial charge in [0.25, 0.3) is 5.69 Å². The van der Waals surface area contributed by atoms with E-state index < -0.39 is 10.9 Å². The quantitative estimate of drug-likeness (QED) is 0.585. The minimum atomic E-state index is -1.06. The summed E-state index contributed by atoms with van der Waals surface area (Å²) in [6, 6.07) is 10.2. The van der Waals surface area contributed by atoms with Crippen LogP contribution in [-0.4, -0.2) is 21.0 Å². The van der Waals surface area contributed by atoms with Crippen molar-refractivity contribution in [2.75, 3.05) is 0 Å². The molecule has 7 nitrogen and oxygen atoms in total. The molecule has 0 bridgehead atoms. The maximum Gasteiger partial charge on any atom is 0.335 e. The molecule has 0 saturated heterocycles. The van der Waals surface area contributed by atoms with Gasteiger partial charge < -0.3 is 9.52 Å². The van der Waals surface area contributed by atoms with E-state index in [0.717, 1.165) is 0 Å². The molecule has 0 saturated carbocycles. The van der Waals surface area contributed by atoms with Crippen LogP contribution in [-0.2, 0) is 0 Å². The number of hydrogen-bond donors (Lipinski definition) is 1. The Morgan fingerprint density at radius 3 is 2.76 bits per heavy atom. The summed E-state index contributed by atoms with van der Waals surface area (Å²) >= 11 is 0. The lowest BCUT2D eigenvalue weighted by atomic mass is 10.2. The predicted octanol–water partition coefficient (Wildman–Crippen LogP) is 3.10. The van der Waals surface area contributed by atoms with Crippen LogP contribution in [0, 0.1) is 10.1 Å². The van der Waals surface area contributed by atoms with Gasteiger partial charge in [0.05, 0.1) is 10.5 Å². The van der Waals surface area contributed by atoms with Gasteiger partial charge in [-0.05, 0) is 24.3 Å². The number of non-ortho nitro benzene ring substituents is 1. The van der Waals surface area contributed by atoms with Crippen molar-refractivity contribution < 1.29 is 19.2 Å². The molecule has 0 unspecified atom stereocenters. The molecule has 0 atom stereocenters. The minimum Gasteiger partial charge on any atom is -0.478 e. The molecule has 3 rings (SSSR count). The summed E-state index contributed by atoms with van der Waals surface area (Å²) in [5.41, 5.74) is 1.29. The topological polar surface area (TPSA) is 106 Å². The van der Waals surface area contributed by atoms with Gasteiger partial charge in [0, 0.05) is 17.7 Å². The molecular weight excluding hydrogens is 276 g/mol. The maximum absolute atomic E-state index is 10.9. The van der Waals surface area contributed by atoms with Crippen LogP contribution in [0.25, 0.3) is 22.6 Å². The molecule has 1 aromatic heterocycles. The van der Waals surface area contributed by atoms with Crippen LogP contribution in [0.4, 0.5) is 5.69 Å². The highest BCUT2D eigenvalue weighted by molar-refractivity contribution is 5.92. The first-order valence-electron chi connectivity index (χ1n) is 5.93. The number of hydrogen-bond acceptors (Lipinski definition) is 5. The minimum absolute atomic E-state index is 0.0685. The van der Waals surface area contributed by atoms with Gasteiger partial charge in [0.2, 0.25) is 5.89 Å². The molecule has 7 heteroatoms. The van der Waals surface area contributed by atoms with Crippen LogP contribution in [0.3, 0.4) is 0 Å². The zero-order chi connectivity index (χ0) is 15.0. The Balaban J connectivity index is 2.10. The van der Waals surface area contributed by atoms with Crippen molar-refractivity contribution in [1.82, 2.24) is 4.98 Å². The summed E-state index contributed by atoms with van der Waals surface area (Å²) in [4.78, 5) is 25.3. The average Bonchev–Trinajstić information content (AvgIpc) is 2.90. The van der Waals surface area contributed by atoms with Gasteiger partial charge in [0.1, 0.15) is 5.52 Å². The third-order valence-electron chi connectivity index (χ3n) is 2.94. The van der Waals surface area contributed by atoms with E-state index in [1.54, 1.807) is 6.07 Å². The second-order valence-corrected chi connectivity index (χ2v) is 4.31. The van der Waals surface area contributed by atoms with E-state index in [1.807, 2.05) is 0 Å². The number of nitrogens with zero attached hydrogens (tertiary/aromatic N) is 2. The van der Waals surface area contributed by atoms with E-state index in [-0.39, 0.29) is 17.1 Å². The summed E-state index contributed by atoms with van der Waals surface area (Å²) < 4.78 is 5.50. The smallest absolute Gasteiger partial charge is 0.335 e. The number of aromatic nitrogens is 1. The van der Waals surface area contributed by atoms with Crippen LogP contribution < -0.4 is 0 Å². The lowest BCUT2D eigenvalue weighted by Gasteiger charge is -1.94. The lowest BCUT2D eigenvalue weighted by Crippen LogP contribution is -1.94. The van der Waals surface area contributed by atoms with Gasteiger partial charge >= 0.3 is 5.97 Å². The van der Waals surface area contributed by atoms with Gasteiger partial charge in [-0.2, -0.15) is 0 Å². The van der Waals surface area contributed by atoms with Crippen LogP contribution in [0.15, 0.2) is 46.9 Å². The van der Waals surface area contributed by atoms with E-state index >= 15 is 0 Å². The van der Waals surface area contributed by atoms with Crippen LogP contribution >= 0.6 is 0 Å².